The van der Waals surface area contributed by atoms with Crippen LogP contribution in [0.3, 0.4) is 0 Å². The molecule has 118 valence electrons. The largest absolute Gasteiger partial charge is 0.493 e. The van der Waals surface area contributed by atoms with Gasteiger partial charge in [-0.2, -0.15) is 0 Å². The number of rotatable bonds is 10. The molecule has 0 radical (unpaired) electrons. The summed E-state index contributed by atoms with van der Waals surface area (Å²) in [6, 6.07) is 7.12. The molecule has 0 bridgehead atoms. The molecule has 0 atom stereocenters. The van der Waals surface area contributed by atoms with Gasteiger partial charge < -0.3 is 20.5 Å². The van der Waals surface area contributed by atoms with Gasteiger partial charge in [-0.1, -0.05) is 13.8 Å². The zero-order valence-corrected chi connectivity index (χ0v) is 12.9. The van der Waals surface area contributed by atoms with Gasteiger partial charge in [-0.25, -0.2) is 0 Å². The molecule has 0 unspecified atom stereocenters. The summed E-state index contributed by atoms with van der Waals surface area (Å²) in [5.41, 5.74) is 6.27. The van der Waals surface area contributed by atoms with Crippen molar-refractivity contribution in [3.63, 3.8) is 0 Å². The number of nitrogen functional groups attached to an aromatic ring is 1. The quantitative estimate of drug-likeness (QED) is 0.512. The second-order valence-electron chi connectivity index (χ2n) is 5.34. The van der Waals surface area contributed by atoms with Gasteiger partial charge in [-0.3, -0.25) is 4.79 Å². The fraction of sp³-hybridized carbons (Fsp3) is 0.562. The Kier molecular flexibility index (Phi) is 8.28. The van der Waals surface area contributed by atoms with Crippen LogP contribution in [0.4, 0.5) is 5.69 Å². The molecule has 21 heavy (non-hydrogen) atoms. The predicted molar refractivity (Wildman–Crippen MR) is 84.3 cm³/mol. The predicted octanol–water partition coefficient (Wildman–Crippen LogP) is 2.22. The van der Waals surface area contributed by atoms with Gasteiger partial charge in [0.25, 0.3) is 0 Å². The molecule has 1 aromatic rings. The lowest BCUT2D eigenvalue weighted by Gasteiger charge is -2.08. The first-order valence-electron chi connectivity index (χ1n) is 7.40. The van der Waals surface area contributed by atoms with E-state index in [-0.39, 0.29) is 5.91 Å². The summed E-state index contributed by atoms with van der Waals surface area (Å²) in [7, 11) is 0. The van der Waals surface area contributed by atoms with E-state index in [0.29, 0.717) is 37.8 Å². The molecule has 0 saturated heterocycles. The Balaban J connectivity index is 2.00. The van der Waals surface area contributed by atoms with Gasteiger partial charge in [0.15, 0.2) is 0 Å². The van der Waals surface area contributed by atoms with Crippen LogP contribution in [0.25, 0.3) is 0 Å². The Morgan fingerprint density at radius 3 is 2.62 bits per heavy atom. The lowest BCUT2D eigenvalue weighted by Crippen LogP contribution is -2.26. The van der Waals surface area contributed by atoms with Crippen LogP contribution in [-0.4, -0.2) is 32.3 Å². The molecular formula is C16H26N2O3. The van der Waals surface area contributed by atoms with Crippen LogP contribution in [0.5, 0.6) is 5.75 Å². The maximum atomic E-state index is 11.6. The summed E-state index contributed by atoms with van der Waals surface area (Å²) < 4.78 is 10.9. The maximum Gasteiger partial charge on any atom is 0.223 e. The van der Waals surface area contributed by atoms with E-state index in [4.69, 9.17) is 15.2 Å². The Morgan fingerprint density at radius 2 is 1.95 bits per heavy atom. The monoisotopic (exact) mass is 294 g/mol. The molecule has 5 nitrogen and oxygen atoms in total. The van der Waals surface area contributed by atoms with Crippen LogP contribution in [0.15, 0.2) is 24.3 Å². The van der Waals surface area contributed by atoms with E-state index in [9.17, 15) is 4.79 Å². The smallest absolute Gasteiger partial charge is 0.223 e. The van der Waals surface area contributed by atoms with Gasteiger partial charge in [0.1, 0.15) is 5.75 Å². The molecule has 3 N–H and O–H groups in total. The van der Waals surface area contributed by atoms with E-state index in [2.05, 4.69) is 19.2 Å². The van der Waals surface area contributed by atoms with E-state index in [1.165, 1.54) is 0 Å². The number of ether oxygens (including phenoxy) is 2. The molecule has 0 aliphatic carbocycles. The van der Waals surface area contributed by atoms with Crippen LogP contribution >= 0.6 is 0 Å². The van der Waals surface area contributed by atoms with Crippen LogP contribution in [0.1, 0.15) is 26.7 Å². The Hall–Kier alpha value is -1.75. The number of carbonyl (C=O) groups is 1. The van der Waals surface area contributed by atoms with Crippen molar-refractivity contribution in [1.82, 2.24) is 5.32 Å². The van der Waals surface area contributed by atoms with Gasteiger partial charge in [0.2, 0.25) is 5.91 Å². The van der Waals surface area contributed by atoms with Crippen LogP contribution in [-0.2, 0) is 9.53 Å². The number of hydrogen-bond acceptors (Lipinski definition) is 4. The van der Waals surface area contributed by atoms with Crippen molar-refractivity contribution in [2.45, 2.75) is 26.7 Å². The third kappa shape index (κ3) is 8.92. The Labute approximate surface area is 126 Å². The molecule has 0 aliphatic heterocycles. The molecule has 0 spiro atoms. The topological polar surface area (TPSA) is 73.6 Å². The molecule has 0 fully saturated rings. The highest BCUT2D eigenvalue weighted by Crippen LogP contribution is 2.12. The van der Waals surface area contributed by atoms with E-state index in [1.807, 2.05) is 0 Å². The fourth-order valence-corrected chi connectivity index (χ4v) is 1.64. The third-order valence-electron chi connectivity index (χ3n) is 2.72. The molecular weight excluding hydrogens is 268 g/mol. The standard InChI is InChI=1S/C16H26N2O3/c1-13(2)12-20-10-3-9-18-16(19)8-11-21-15-6-4-14(17)5-7-15/h4-7,13H,3,8-12,17H2,1-2H3,(H,18,19). The summed E-state index contributed by atoms with van der Waals surface area (Å²) in [5.74, 6) is 1.26. The van der Waals surface area contributed by atoms with Crippen LogP contribution in [0, 0.1) is 5.92 Å². The van der Waals surface area contributed by atoms with Crippen molar-refractivity contribution in [3.8, 4) is 5.75 Å². The molecule has 0 aliphatic rings. The van der Waals surface area contributed by atoms with Gasteiger partial charge in [0, 0.05) is 25.4 Å². The van der Waals surface area contributed by atoms with Gasteiger partial charge in [-0.05, 0) is 36.6 Å². The number of hydrogen-bond donors (Lipinski definition) is 2. The maximum absolute atomic E-state index is 11.6. The SMILES string of the molecule is CC(C)COCCCNC(=O)CCOc1ccc(N)cc1. The zero-order chi connectivity index (χ0) is 15.5. The van der Waals surface area contributed by atoms with Crippen molar-refractivity contribution in [3.05, 3.63) is 24.3 Å². The summed E-state index contributed by atoms with van der Waals surface area (Å²) in [6.07, 6.45) is 1.18. The van der Waals surface area contributed by atoms with Crippen molar-refractivity contribution in [1.29, 1.82) is 0 Å². The minimum atomic E-state index is -0.00527. The van der Waals surface area contributed by atoms with E-state index in [0.717, 1.165) is 18.8 Å². The lowest BCUT2D eigenvalue weighted by atomic mass is 10.2. The number of nitrogens with one attached hydrogen (secondary N) is 1. The van der Waals surface area contributed by atoms with Crippen molar-refractivity contribution < 1.29 is 14.3 Å². The molecule has 5 heteroatoms. The first-order chi connectivity index (χ1) is 10.1. The van der Waals surface area contributed by atoms with Crippen molar-refractivity contribution >= 4 is 11.6 Å². The van der Waals surface area contributed by atoms with Crippen LogP contribution < -0.4 is 15.8 Å². The number of amides is 1. The first kappa shape index (κ1) is 17.3. The zero-order valence-electron chi connectivity index (χ0n) is 12.9. The number of anilines is 1. The first-order valence-corrected chi connectivity index (χ1v) is 7.40. The molecule has 1 aromatic carbocycles. The summed E-state index contributed by atoms with van der Waals surface area (Å²) in [5, 5.41) is 2.85. The van der Waals surface area contributed by atoms with Gasteiger partial charge in [0.05, 0.1) is 13.0 Å². The second-order valence-corrected chi connectivity index (χ2v) is 5.34. The van der Waals surface area contributed by atoms with E-state index in [1.54, 1.807) is 24.3 Å². The molecule has 0 heterocycles. The van der Waals surface area contributed by atoms with E-state index >= 15 is 0 Å². The molecule has 0 aromatic heterocycles. The minimum absolute atomic E-state index is 0.00527. The minimum Gasteiger partial charge on any atom is -0.493 e. The summed E-state index contributed by atoms with van der Waals surface area (Å²) in [4.78, 5) is 11.6. The van der Waals surface area contributed by atoms with Crippen molar-refractivity contribution in [2.24, 2.45) is 5.92 Å². The van der Waals surface area contributed by atoms with Crippen LogP contribution in [0.2, 0.25) is 0 Å². The Bertz CT molecular complexity index is 404. The van der Waals surface area contributed by atoms with Gasteiger partial charge in [-0.15, -0.1) is 0 Å². The number of carbonyl (C=O) groups excluding carboxylic acids is 1. The fourth-order valence-electron chi connectivity index (χ4n) is 1.64. The highest BCUT2D eigenvalue weighted by atomic mass is 16.5. The van der Waals surface area contributed by atoms with Gasteiger partial charge >= 0.3 is 0 Å². The van der Waals surface area contributed by atoms with Crippen molar-refractivity contribution in [2.75, 3.05) is 32.1 Å². The average molecular weight is 294 g/mol. The molecule has 1 rings (SSSR count). The third-order valence-corrected chi connectivity index (χ3v) is 2.72. The summed E-state index contributed by atoms with van der Waals surface area (Å²) in [6.45, 7) is 6.67. The highest BCUT2D eigenvalue weighted by Gasteiger charge is 2.02. The van der Waals surface area contributed by atoms with E-state index < -0.39 is 0 Å². The molecule has 0 saturated carbocycles. The second kappa shape index (κ2) is 10.0. The average Bonchev–Trinajstić information content (AvgIpc) is 2.44. The molecule has 1 amide bonds. The number of nitrogens with two attached hydrogens (primary N) is 1. The summed E-state index contributed by atoms with van der Waals surface area (Å²) >= 11 is 0. The normalized spacial score (nSPS) is 10.6. The Morgan fingerprint density at radius 1 is 1.24 bits per heavy atom. The highest BCUT2D eigenvalue weighted by molar-refractivity contribution is 5.75. The lowest BCUT2D eigenvalue weighted by molar-refractivity contribution is -0.121. The number of benzene rings is 1.